The van der Waals surface area contributed by atoms with Crippen LogP contribution in [-0.4, -0.2) is 50.0 Å². The Balaban J connectivity index is 2.45. The van der Waals surface area contributed by atoms with Crippen molar-refractivity contribution in [2.24, 2.45) is 0 Å². The number of aryl methyl sites for hydroxylation is 1. The molecule has 0 aliphatic carbocycles. The molecule has 0 aliphatic rings. The van der Waals surface area contributed by atoms with E-state index in [1.54, 1.807) is 19.1 Å². The highest BCUT2D eigenvalue weighted by Gasteiger charge is 2.31. The van der Waals surface area contributed by atoms with Gasteiger partial charge in [-0.2, -0.15) is 0 Å². The minimum Gasteiger partial charge on any atom is -0.352 e. The second-order valence-corrected chi connectivity index (χ2v) is 11.2. The average Bonchev–Trinajstić information content (AvgIpc) is 2.75. The van der Waals surface area contributed by atoms with Gasteiger partial charge in [-0.15, -0.1) is 0 Å². The molecular formula is C26H37N3O4S. The van der Waals surface area contributed by atoms with Crippen molar-refractivity contribution in [3.05, 3.63) is 65.2 Å². The van der Waals surface area contributed by atoms with Gasteiger partial charge in [0.05, 0.1) is 11.9 Å². The zero-order valence-electron chi connectivity index (χ0n) is 21.2. The number of rotatable bonds is 10. The van der Waals surface area contributed by atoms with Crippen LogP contribution in [0.4, 0.5) is 5.69 Å². The number of carbonyl (C=O) groups excluding carboxylic acids is 2. The first-order valence-corrected chi connectivity index (χ1v) is 13.4. The summed E-state index contributed by atoms with van der Waals surface area (Å²) in [7, 11) is -3.76. The van der Waals surface area contributed by atoms with Crippen molar-refractivity contribution in [3.8, 4) is 0 Å². The van der Waals surface area contributed by atoms with Gasteiger partial charge in [0.15, 0.2) is 0 Å². The molecule has 0 bridgehead atoms. The molecular weight excluding hydrogens is 450 g/mol. The Morgan fingerprint density at radius 1 is 0.941 bits per heavy atom. The smallest absolute Gasteiger partial charge is 0.244 e. The van der Waals surface area contributed by atoms with Crippen LogP contribution >= 0.6 is 0 Å². The second-order valence-electron chi connectivity index (χ2n) is 9.33. The molecule has 0 radical (unpaired) electrons. The van der Waals surface area contributed by atoms with Gasteiger partial charge >= 0.3 is 0 Å². The van der Waals surface area contributed by atoms with E-state index in [1.807, 2.05) is 71.0 Å². The number of para-hydroxylation sites is 1. The molecule has 0 aromatic heterocycles. The van der Waals surface area contributed by atoms with Crippen LogP contribution in [0.5, 0.6) is 0 Å². The molecule has 0 fully saturated rings. The first-order valence-electron chi connectivity index (χ1n) is 11.5. The van der Waals surface area contributed by atoms with Gasteiger partial charge in [0, 0.05) is 12.6 Å². The molecule has 0 saturated carbocycles. The Hall–Kier alpha value is -2.87. The van der Waals surface area contributed by atoms with Crippen LogP contribution in [-0.2, 0) is 26.2 Å². The molecule has 2 amide bonds. The van der Waals surface area contributed by atoms with E-state index in [2.05, 4.69) is 5.32 Å². The summed E-state index contributed by atoms with van der Waals surface area (Å²) in [4.78, 5) is 27.8. The Labute approximate surface area is 204 Å². The topological polar surface area (TPSA) is 86.8 Å². The molecule has 8 heteroatoms. The predicted molar refractivity (Wildman–Crippen MR) is 137 cm³/mol. The van der Waals surface area contributed by atoms with Crippen LogP contribution in [0.2, 0.25) is 0 Å². The van der Waals surface area contributed by atoms with Gasteiger partial charge in [-0.3, -0.25) is 13.9 Å². The highest BCUT2D eigenvalue weighted by Crippen LogP contribution is 2.29. The number of benzene rings is 2. The van der Waals surface area contributed by atoms with Crippen molar-refractivity contribution in [3.63, 3.8) is 0 Å². The molecule has 186 valence electrons. The Kier molecular flexibility index (Phi) is 9.27. The number of carbonyl (C=O) groups is 2. The van der Waals surface area contributed by atoms with Gasteiger partial charge in [-0.25, -0.2) is 8.42 Å². The Morgan fingerprint density at radius 3 is 2.06 bits per heavy atom. The summed E-state index contributed by atoms with van der Waals surface area (Å²) in [5.74, 6) is -0.671. The molecule has 2 aromatic rings. The van der Waals surface area contributed by atoms with Gasteiger partial charge < -0.3 is 10.2 Å². The third-order valence-electron chi connectivity index (χ3n) is 5.58. The molecule has 0 aliphatic heterocycles. The molecule has 0 unspecified atom stereocenters. The number of anilines is 1. The fourth-order valence-electron chi connectivity index (χ4n) is 3.68. The maximum absolute atomic E-state index is 13.6. The first-order chi connectivity index (χ1) is 15.8. The van der Waals surface area contributed by atoms with Gasteiger partial charge in [-0.05, 0) is 50.8 Å². The van der Waals surface area contributed by atoms with Crippen molar-refractivity contribution in [1.29, 1.82) is 0 Å². The van der Waals surface area contributed by atoms with Crippen LogP contribution < -0.4 is 9.62 Å². The molecule has 2 aromatic carbocycles. The van der Waals surface area contributed by atoms with E-state index in [4.69, 9.17) is 0 Å². The quantitative estimate of drug-likeness (QED) is 0.552. The third kappa shape index (κ3) is 7.32. The van der Waals surface area contributed by atoms with E-state index in [9.17, 15) is 18.0 Å². The molecule has 7 nitrogen and oxygen atoms in total. The third-order valence-corrected chi connectivity index (χ3v) is 6.70. The molecule has 1 N–H and O–H groups in total. The zero-order valence-corrected chi connectivity index (χ0v) is 22.0. The maximum Gasteiger partial charge on any atom is 0.244 e. The van der Waals surface area contributed by atoms with Crippen LogP contribution in [0.25, 0.3) is 0 Å². The van der Waals surface area contributed by atoms with Crippen molar-refractivity contribution < 1.29 is 18.0 Å². The molecule has 34 heavy (non-hydrogen) atoms. The maximum atomic E-state index is 13.6. The lowest BCUT2D eigenvalue weighted by Crippen LogP contribution is -2.52. The largest absolute Gasteiger partial charge is 0.352 e. The van der Waals surface area contributed by atoms with Crippen LogP contribution in [0, 0.1) is 6.92 Å². The Morgan fingerprint density at radius 2 is 1.53 bits per heavy atom. The SMILES string of the molecule is Cc1ccc(CN(C(=O)CN(c2ccccc2C(C)C)S(C)(=O)=O)[C@H](C)C(=O)NC(C)C)cc1. The predicted octanol–water partition coefficient (Wildman–Crippen LogP) is 3.83. The van der Waals surface area contributed by atoms with E-state index < -0.39 is 28.5 Å². The summed E-state index contributed by atoms with van der Waals surface area (Å²) in [6.45, 7) is 11.1. The van der Waals surface area contributed by atoms with Gasteiger partial charge in [0.1, 0.15) is 12.6 Å². The lowest BCUT2D eigenvalue weighted by molar-refractivity contribution is -0.139. The highest BCUT2D eigenvalue weighted by atomic mass is 32.2. The molecule has 0 saturated heterocycles. The van der Waals surface area contributed by atoms with Gasteiger partial charge in [0.25, 0.3) is 0 Å². The van der Waals surface area contributed by atoms with Gasteiger partial charge in [0.2, 0.25) is 21.8 Å². The van der Waals surface area contributed by atoms with E-state index in [0.29, 0.717) is 5.69 Å². The van der Waals surface area contributed by atoms with Crippen LogP contribution in [0.1, 0.15) is 57.2 Å². The summed E-state index contributed by atoms with van der Waals surface area (Å²) in [5.41, 5.74) is 3.25. The molecule has 1 atom stereocenters. The molecule has 2 rings (SSSR count). The molecule has 0 spiro atoms. The second kappa shape index (κ2) is 11.5. The van der Waals surface area contributed by atoms with E-state index in [1.165, 1.54) is 4.90 Å². The van der Waals surface area contributed by atoms with Crippen molar-refractivity contribution >= 4 is 27.5 Å². The summed E-state index contributed by atoms with van der Waals surface area (Å²) in [5, 5.41) is 2.85. The standard InChI is InChI=1S/C26H37N3O4S/c1-18(2)23-10-8-9-11-24(23)29(34(7,32)33)17-25(30)28(21(6)26(31)27-19(3)4)16-22-14-12-20(5)13-15-22/h8-15,18-19,21H,16-17H2,1-7H3,(H,27,31)/t21-/m1/s1. The van der Waals surface area contributed by atoms with Crippen LogP contribution in [0.3, 0.4) is 0 Å². The van der Waals surface area contributed by atoms with Crippen LogP contribution in [0.15, 0.2) is 48.5 Å². The number of amides is 2. The van der Waals surface area contributed by atoms with Crippen molar-refractivity contribution in [2.75, 3.05) is 17.1 Å². The van der Waals surface area contributed by atoms with Crippen molar-refractivity contribution in [2.45, 2.75) is 66.1 Å². The van der Waals surface area contributed by atoms with E-state index >= 15 is 0 Å². The van der Waals surface area contributed by atoms with E-state index in [0.717, 1.165) is 27.3 Å². The summed E-state index contributed by atoms with van der Waals surface area (Å²) < 4.78 is 26.7. The van der Waals surface area contributed by atoms with E-state index in [-0.39, 0.29) is 24.4 Å². The average molecular weight is 488 g/mol. The lowest BCUT2D eigenvalue weighted by Gasteiger charge is -2.32. The molecule has 0 heterocycles. The van der Waals surface area contributed by atoms with Gasteiger partial charge in [-0.1, -0.05) is 61.9 Å². The first kappa shape index (κ1) is 27.4. The highest BCUT2D eigenvalue weighted by molar-refractivity contribution is 7.92. The fourth-order valence-corrected chi connectivity index (χ4v) is 4.54. The minimum absolute atomic E-state index is 0.0648. The summed E-state index contributed by atoms with van der Waals surface area (Å²) >= 11 is 0. The Bertz CT molecular complexity index is 1100. The fraction of sp³-hybridized carbons (Fsp3) is 0.462. The van der Waals surface area contributed by atoms with Crippen molar-refractivity contribution in [1.82, 2.24) is 10.2 Å². The minimum atomic E-state index is -3.76. The lowest BCUT2D eigenvalue weighted by atomic mass is 10.0. The summed E-state index contributed by atoms with van der Waals surface area (Å²) in [6, 6.07) is 14.0. The zero-order chi connectivity index (χ0) is 25.6. The monoisotopic (exact) mass is 487 g/mol. The number of nitrogens with zero attached hydrogens (tertiary/aromatic N) is 2. The number of hydrogen-bond acceptors (Lipinski definition) is 4. The number of sulfonamides is 1. The number of hydrogen-bond donors (Lipinski definition) is 1. The number of nitrogens with one attached hydrogen (secondary N) is 1. The summed E-state index contributed by atoms with van der Waals surface area (Å²) in [6.07, 6.45) is 1.09. The normalized spacial score (nSPS) is 12.5.